The largest absolute Gasteiger partial charge is 0.496 e. The first kappa shape index (κ1) is 18.7. The Morgan fingerprint density at radius 1 is 1.04 bits per heavy atom. The Labute approximate surface area is 157 Å². The van der Waals surface area contributed by atoms with E-state index in [-0.39, 0.29) is 0 Å². The lowest BCUT2D eigenvalue weighted by Gasteiger charge is -2.19. The van der Waals surface area contributed by atoms with E-state index >= 15 is 0 Å². The molecule has 4 heteroatoms. The lowest BCUT2D eigenvalue weighted by atomic mass is 10.0. The molecule has 2 aromatic rings. The number of hydrogen-bond donors (Lipinski definition) is 1. The van der Waals surface area contributed by atoms with Crippen LogP contribution in [-0.2, 0) is 25.7 Å². The van der Waals surface area contributed by atoms with Crippen molar-refractivity contribution in [3.8, 4) is 17.0 Å². The van der Waals surface area contributed by atoms with E-state index < -0.39 is 0 Å². The summed E-state index contributed by atoms with van der Waals surface area (Å²) in [5, 5.41) is 3.53. The van der Waals surface area contributed by atoms with Crippen molar-refractivity contribution in [3.05, 3.63) is 34.6 Å². The first-order valence-electron chi connectivity index (χ1n) is 9.97. The van der Waals surface area contributed by atoms with Crippen molar-refractivity contribution < 1.29 is 4.74 Å². The second-order valence-corrected chi connectivity index (χ2v) is 7.15. The highest BCUT2D eigenvalue weighted by molar-refractivity contribution is 5.72. The number of fused-ring (bicyclic) bond motifs is 1. The number of rotatable bonds is 7. The monoisotopic (exact) mass is 353 g/mol. The maximum Gasteiger partial charge on any atom is 0.148 e. The fourth-order valence-electron chi connectivity index (χ4n) is 3.62. The number of nitrogens with one attached hydrogen (secondary N) is 1. The molecule has 1 aliphatic carbocycles. The molecule has 0 saturated carbocycles. The molecule has 26 heavy (non-hydrogen) atoms. The summed E-state index contributed by atoms with van der Waals surface area (Å²) in [4.78, 5) is 10.0. The van der Waals surface area contributed by atoms with Crippen LogP contribution in [0.25, 0.3) is 11.3 Å². The molecular formula is C22H31N3O. The van der Waals surface area contributed by atoms with Gasteiger partial charge in [-0.3, -0.25) is 0 Å². The minimum atomic E-state index is 0.389. The van der Waals surface area contributed by atoms with Gasteiger partial charge in [0.05, 0.1) is 24.2 Å². The van der Waals surface area contributed by atoms with Gasteiger partial charge in [-0.25, -0.2) is 9.97 Å². The number of nitrogens with zero attached hydrogens (tertiary/aromatic N) is 2. The second kappa shape index (κ2) is 8.07. The number of aromatic nitrogens is 2. The lowest BCUT2D eigenvalue weighted by molar-refractivity contribution is 0.415. The van der Waals surface area contributed by atoms with Gasteiger partial charge in [-0.1, -0.05) is 20.8 Å². The number of benzene rings is 1. The summed E-state index contributed by atoms with van der Waals surface area (Å²) in [7, 11) is 1.75. The average Bonchev–Trinajstić information content (AvgIpc) is 3.13. The van der Waals surface area contributed by atoms with Crippen LogP contribution in [-0.4, -0.2) is 23.1 Å². The van der Waals surface area contributed by atoms with Crippen molar-refractivity contribution in [1.82, 2.24) is 9.97 Å². The van der Waals surface area contributed by atoms with Gasteiger partial charge in [0.1, 0.15) is 11.6 Å². The molecule has 0 fully saturated rings. The van der Waals surface area contributed by atoms with Gasteiger partial charge in [-0.15, -0.1) is 0 Å². The standard InChI is InChI=1S/C22H31N3O/c1-6-14(4)23-22-19(8-3)24-21(18(7-2)25-22)17-12-15-10-9-11-16(15)13-20(17)26-5/h12-14H,6-11H2,1-5H3,(H,23,25). The van der Waals surface area contributed by atoms with E-state index in [0.29, 0.717) is 6.04 Å². The molecule has 0 bridgehead atoms. The summed E-state index contributed by atoms with van der Waals surface area (Å²) in [5.41, 5.74) is 6.98. The fourth-order valence-corrected chi connectivity index (χ4v) is 3.62. The molecule has 0 amide bonds. The van der Waals surface area contributed by atoms with Crippen molar-refractivity contribution in [3.63, 3.8) is 0 Å². The van der Waals surface area contributed by atoms with E-state index in [1.54, 1.807) is 7.11 Å². The van der Waals surface area contributed by atoms with Crippen LogP contribution in [0.2, 0.25) is 0 Å². The van der Waals surface area contributed by atoms with Crippen LogP contribution in [0.4, 0.5) is 5.82 Å². The zero-order valence-corrected chi connectivity index (χ0v) is 16.8. The summed E-state index contributed by atoms with van der Waals surface area (Å²) >= 11 is 0. The molecule has 0 spiro atoms. The van der Waals surface area contributed by atoms with Gasteiger partial charge in [0.25, 0.3) is 0 Å². The van der Waals surface area contributed by atoms with E-state index in [0.717, 1.165) is 66.3 Å². The first-order chi connectivity index (χ1) is 12.6. The molecule has 1 aliphatic rings. The quantitative estimate of drug-likeness (QED) is 0.763. The maximum atomic E-state index is 5.73. The van der Waals surface area contributed by atoms with Gasteiger partial charge < -0.3 is 10.1 Å². The number of methoxy groups -OCH3 is 1. The third kappa shape index (κ3) is 3.55. The Bertz CT molecular complexity index is 785. The van der Waals surface area contributed by atoms with Crippen LogP contribution in [0.5, 0.6) is 5.75 Å². The van der Waals surface area contributed by atoms with Gasteiger partial charge in [-0.05, 0) is 68.7 Å². The summed E-state index contributed by atoms with van der Waals surface area (Å²) in [5.74, 6) is 1.85. The smallest absolute Gasteiger partial charge is 0.148 e. The minimum Gasteiger partial charge on any atom is -0.496 e. The predicted octanol–water partition coefficient (Wildman–Crippen LogP) is 4.98. The molecule has 1 aromatic carbocycles. The minimum absolute atomic E-state index is 0.389. The highest BCUT2D eigenvalue weighted by atomic mass is 16.5. The van der Waals surface area contributed by atoms with Gasteiger partial charge in [0.2, 0.25) is 0 Å². The van der Waals surface area contributed by atoms with Gasteiger partial charge in [-0.2, -0.15) is 0 Å². The maximum absolute atomic E-state index is 5.73. The van der Waals surface area contributed by atoms with E-state index in [1.807, 2.05) is 0 Å². The van der Waals surface area contributed by atoms with Crippen LogP contribution in [0.3, 0.4) is 0 Å². The molecule has 0 aliphatic heterocycles. The van der Waals surface area contributed by atoms with E-state index in [2.05, 4.69) is 45.1 Å². The van der Waals surface area contributed by atoms with Crippen molar-refractivity contribution in [2.75, 3.05) is 12.4 Å². The van der Waals surface area contributed by atoms with Crippen LogP contribution in [0.1, 0.15) is 63.1 Å². The Balaban J connectivity index is 2.13. The van der Waals surface area contributed by atoms with E-state index in [4.69, 9.17) is 14.7 Å². The Hall–Kier alpha value is -2.10. The predicted molar refractivity (Wildman–Crippen MR) is 108 cm³/mol. The Morgan fingerprint density at radius 3 is 2.35 bits per heavy atom. The molecule has 1 aromatic heterocycles. The first-order valence-corrected chi connectivity index (χ1v) is 9.97. The molecule has 1 unspecified atom stereocenters. The van der Waals surface area contributed by atoms with E-state index in [9.17, 15) is 0 Å². The molecule has 3 rings (SSSR count). The zero-order chi connectivity index (χ0) is 18.7. The number of ether oxygens (including phenoxy) is 1. The highest BCUT2D eigenvalue weighted by Gasteiger charge is 2.21. The average molecular weight is 354 g/mol. The molecule has 1 N–H and O–H groups in total. The molecule has 1 heterocycles. The summed E-state index contributed by atoms with van der Waals surface area (Å²) < 4.78 is 5.73. The second-order valence-electron chi connectivity index (χ2n) is 7.15. The topological polar surface area (TPSA) is 47.0 Å². The van der Waals surface area contributed by atoms with Crippen LogP contribution in [0.15, 0.2) is 12.1 Å². The fraction of sp³-hybridized carbons (Fsp3) is 0.545. The molecule has 0 radical (unpaired) electrons. The summed E-state index contributed by atoms with van der Waals surface area (Å²) in [6.07, 6.45) is 6.29. The molecule has 1 atom stereocenters. The Morgan fingerprint density at radius 2 is 1.73 bits per heavy atom. The van der Waals surface area contributed by atoms with Gasteiger partial charge >= 0.3 is 0 Å². The number of hydrogen-bond acceptors (Lipinski definition) is 4. The van der Waals surface area contributed by atoms with Gasteiger partial charge in [0, 0.05) is 11.6 Å². The summed E-state index contributed by atoms with van der Waals surface area (Å²) in [6.45, 7) is 8.65. The highest BCUT2D eigenvalue weighted by Crippen LogP contribution is 2.37. The Kier molecular flexibility index (Phi) is 5.80. The number of aryl methyl sites for hydroxylation is 4. The normalized spacial score (nSPS) is 14.2. The SMILES string of the molecule is CCc1nc(-c2cc3c(cc2OC)CCC3)c(CC)nc1NC(C)CC. The van der Waals surface area contributed by atoms with Crippen LogP contribution < -0.4 is 10.1 Å². The molecule has 0 saturated heterocycles. The third-order valence-electron chi connectivity index (χ3n) is 5.37. The molecular weight excluding hydrogens is 322 g/mol. The summed E-state index contributed by atoms with van der Waals surface area (Å²) in [6, 6.07) is 4.88. The number of anilines is 1. The molecule has 4 nitrogen and oxygen atoms in total. The van der Waals surface area contributed by atoms with Crippen LogP contribution in [0, 0.1) is 0 Å². The van der Waals surface area contributed by atoms with Crippen LogP contribution >= 0.6 is 0 Å². The zero-order valence-electron chi connectivity index (χ0n) is 16.8. The van der Waals surface area contributed by atoms with E-state index in [1.165, 1.54) is 17.5 Å². The third-order valence-corrected chi connectivity index (χ3v) is 5.37. The van der Waals surface area contributed by atoms with Crippen molar-refractivity contribution >= 4 is 5.82 Å². The van der Waals surface area contributed by atoms with Crippen molar-refractivity contribution in [2.24, 2.45) is 0 Å². The lowest BCUT2D eigenvalue weighted by Crippen LogP contribution is -2.18. The van der Waals surface area contributed by atoms with Gasteiger partial charge in [0.15, 0.2) is 0 Å². The van der Waals surface area contributed by atoms with Crippen molar-refractivity contribution in [1.29, 1.82) is 0 Å². The van der Waals surface area contributed by atoms with Crippen molar-refractivity contribution in [2.45, 2.75) is 72.3 Å². The molecule has 140 valence electrons.